The molecule has 0 aromatic carbocycles. The third-order valence-electron chi connectivity index (χ3n) is 2.58. The molecule has 12 heteroatoms. The number of ether oxygens (including phenoxy) is 1. The number of nitrogens with zero attached hydrogens (tertiary/aromatic N) is 3. The van der Waals surface area contributed by atoms with Crippen molar-refractivity contribution in [3.63, 3.8) is 0 Å². The van der Waals surface area contributed by atoms with E-state index in [4.69, 9.17) is 0 Å². The minimum atomic E-state index is -5.03. The van der Waals surface area contributed by atoms with Gasteiger partial charge in [-0.1, -0.05) is 0 Å². The average molecular weight is 324 g/mol. The van der Waals surface area contributed by atoms with Gasteiger partial charge in [-0.3, -0.25) is 24.4 Å². The molecule has 0 fully saturated rings. The van der Waals surface area contributed by atoms with Crippen LogP contribution in [0, 0.1) is 17.0 Å². The summed E-state index contributed by atoms with van der Waals surface area (Å²) in [5.74, 6) is -1.60. The Balaban J connectivity index is 2.99. The predicted molar refractivity (Wildman–Crippen MR) is 63.6 cm³/mol. The number of methoxy groups -OCH3 is 1. The molecule has 1 aromatic rings. The van der Waals surface area contributed by atoms with Crippen LogP contribution in [0.2, 0.25) is 0 Å². The number of hydrogen-bond donors (Lipinski definition) is 1. The highest BCUT2D eigenvalue weighted by atomic mass is 19.4. The van der Waals surface area contributed by atoms with Crippen LogP contribution in [-0.4, -0.2) is 40.2 Å². The Hall–Kier alpha value is -2.66. The first-order chi connectivity index (χ1) is 10.1. The van der Waals surface area contributed by atoms with Gasteiger partial charge in [-0.15, -0.1) is 0 Å². The van der Waals surface area contributed by atoms with Crippen molar-refractivity contribution in [3.05, 3.63) is 21.5 Å². The summed E-state index contributed by atoms with van der Waals surface area (Å²) >= 11 is 0. The zero-order valence-corrected chi connectivity index (χ0v) is 11.4. The smallest absolute Gasteiger partial charge is 0.442 e. The van der Waals surface area contributed by atoms with Crippen LogP contribution < -0.4 is 5.32 Å². The summed E-state index contributed by atoms with van der Waals surface area (Å²) in [4.78, 5) is 31.8. The van der Waals surface area contributed by atoms with Gasteiger partial charge >= 0.3 is 17.8 Å². The highest BCUT2D eigenvalue weighted by Gasteiger charge is 2.44. The van der Waals surface area contributed by atoms with E-state index in [1.165, 1.54) is 0 Å². The fourth-order valence-electron chi connectivity index (χ4n) is 1.53. The fraction of sp³-hybridized carbons (Fsp3) is 0.500. The van der Waals surface area contributed by atoms with Gasteiger partial charge in [-0.2, -0.15) is 18.3 Å². The van der Waals surface area contributed by atoms with E-state index < -0.39 is 53.1 Å². The van der Waals surface area contributed by atoms with Crippen LogP contribution in [-0.2, 0) is 27.0 Å². The standard InChI is InChI=1S/C10H11F3N4O5/c1-5-8(17(20)21)9(10(11,12)13)15-16(5)4-6(18)14-3-7(19)22-2/h3-4H2,1-2H3,(H,14,18). The first-order valence-corrected chi connectivity index (χ1v) is 5.70. The monoisotopic (exact) mass is 324 g/mol. The van der Waals surface area contributed by atoms with Crippen LogP contribution in [0.25, 0.3) is 0 Å². The lowest BCUT2D eigenvalue weighted by Crippen LogP contribution is -2.33. The Morgan fingerprint density at radius 3 is 2.45 bits per heavy atom. The average Bonchev–Trinajstić information content (AvgIpc) is 2.73. The topological polar surface area (TPSA) is 116 Å². The van der Waals surface area contributed by atoms with Gasteiger partial charge < -0.3 is 10.1 Å². The first-order valence-electron chi connectivity index (χ1n) is 5.70. The number of alkyl halides is 3. The lowest BCUT2D eigenvalue weighted by Gasteiger charge is -2.05. The molecule has 1 rings (SSSR count). The lowest BCUT2D eigenvalue weighted by atomic mass is 10.3. The van der Waals surface area contributed by atoms with E-state index >= 15 is 0 Å². The normalized spacial score (nSPS) is 11.1. The largest absolute Gasteiger partial charge is 0.468 e. The van der Waals surface area contributed by atoms with E-state index in [1.807, 2.05) is 0 Å². The van der Waals surface area contributed by atoms with Crippen molar-refractivity contribution in [1.82, 2.24) is 15.1 Å². The summed E-state index contributed by atoms with van der Waals surface area (Å²) in [6, 6.07) is 0. The van der Waals surface area contributed by atoms with Crippen molar-refractivity contribution in [2.75, 3.05) is 13.7 Å². The summed E-state index contributed by atoms with van der Waals surface area (Å²) in [6.45, 7) is -0.155. The predicted octanol–water partition coefficient (Wildman–Crippen LogP) is 0.408. The number of carbonyl (C=O) groups excluding carboxylic acids is 2. The third kappa shape index (κ3) is 3.93. The minimum Gasteiger partial charge on any atom is -0.468 e. The van der Waals surface area contributed by atoms with E-state index in [2.05, 4.69) is 15.2 Å². The Labute approximate surface area is 121 Å². The highest BCUT2D eigenvalue weighted by Crippen LogP contribution is 2.36. The molecule has 1 N–H and O–H groups in total. The van der Waals surface area contributed by atoms with Crippen molar-refractivity contribution in [3.8, 4) is 0 Å². The van der Waals surface area contributed by atoms with Crippen LogP contribution in [0.15, 0.2) is 0 Å². The maximum Gasteiger partial charge on any atom is 0.442 e. The van der Waals surface area contributed by atoms with Crippen LogP contribution >= 0.6 is 0 Å². The van der Waals surface area contributed by atoms with Gasteiger partial charge in [0, 0.05) is 0 Å². The van der Waals surface area contributed by atoms with Crippen LogP contribution in [0.5, 0.6) is 0 Å². The second-order valence-corrected chi connectivity index (χ2v) is 4.05. The molecule has 0 aliphatic rings. The molecule has 1 amide bonds. The van der Waals surface area contributed by atoms with Crippen molar-refractivity contribution in [1.29, 1.82) is 0 Å². The molecule has 0 aliphatic heterocycles. The molecule has 0 aliphatic carbocycles. The number of nitrogens with one attached hydrogen (secondary N) is 1. The minimum absolute atomic E-state index is 0.425. The van der Waals surface area contributed by atoms with E-state index in [1.54, 1.807) is 0 Å². The molecule has 0 spiro atoms. The summed E-state index contributed by atoms with van der Waals surface area (Å²) < 4.78 is 42.9. The molecule has 0 saturated carbocycles. The summed E-state index contributed by atoms with van der Waals surface area (Å²) in [7, 11) is 1.09. The van der Waals surface area contributed by atoms with Gasteiger partial charge in [0.1, 0.15) is 18.8 Å². The molecule has 122 valence electrons. The van der Waals surface area contributed by atoms with E-state index in [-0.39, 0.29) is 0 Å². The zero-order valence-electron chi connectivity index (χ0n) is 11.4. The van der Waals surface area contributed by atoms with Gasteiger partial charge in [0.15, 0.2) is 0 Å². The van der Waals surface area contributed by atoms with Crippen molar-refractivity contribution in [2.45, 2.75) is 19.6 Å². The fourth-order valence-corrected chi connectivity index (χ4v) is 1.53. The molecular weight excluding hydrogens is 313 g/mol. The maximum absolute atomic E-state index is 12.7. The Kier molecular flexibility index (Phi) is 5.06. The molecule has 0 bridgehead atoms. The van der Waals surface area contributed by atoms with Gasteiger partial charge in [-0.25, -0.2) is 0 Å². The first kappa shape index (κ1) is 17.4. The number of carbonyl (C=O) groups is 2. The van der Waals surface area contributed by atoms with Gasteiger partial charge in [0.2, 0.25) is 11.6 Å². The molecule has 9 nitrogen and oxygen atoms in total. The number of amides is 1. The SMILES string of the molecule is COC(=O)CNC(=O)Cn1nc(C(F)(F)F)c([N+](=O)[O-])c1C. The number of rotatable bonds is 5. The zero-order chi connectivity index (χ0) is 17.1. The number of nitro groups is 1. The molecule has 22 heavy (non-hydrogen) atoms. The van der Waals surface area contributed by atoms with Gasteiger partial charge in [0.05, 0.1) is 12.0 Å². The molecule has 0 saturated heterocycles. The lowest BCUT2D eigenvalue weighted by molar-refractivity contribution is -0.388. The van der Waals surface area contributed by atoms with Crippen molar-refractivity contribution in [2.24, 2.45) is 0 Å². The molecule has 0 unspecified atom stereocenters. The van der Waals surface area contributed by atoms with E-state index in [9.17, 15) is 32.9 Å². The summed E-state index contributed by atoms with van der Waals surface area (Å²) in [5.41, 5.74) is -3.32. The highest BCUT2D eigenvalue weighted by molar-refractivity contribution is 5.81. The van der Waals surface area contributed by atoms with Gasteiger partial charge in [0.25, 0.3) is 0 Å². The third-order valence-corrected chi connectivity index (χ3v) is 2.58. The number of aromatic nitrogens is 2. The van der Waals surface area contributed by atoms with Crippen LogP contribution in [0.3, 0.4) is 0 Å². The Bertz CT molecular complexity index is 610. The second-order valence-electron chi connectivity index (χ2n) is 4.05. The maximum atomic E-state index is 12.7. The van der Waals surface area contributed by atoms with Crippen molar-refractivity contribution < 1.29 is 32.4 Å². The number of esters is 1. The Morgan fingerprint density at radius 1 is 1.45 bits per heavy atom. The van der Waals surface area contributed by atoms with Crippen molar-refractivity contribution >= 4 is 17.6 Å². The van der Waals surface area contributed by atoms with E-state index in [0.29, 0.717) is 4.68 Å². The molecule has 1 aromatic heterocycles. The molecule has 1 heterocycles. The van der Waals surface area contributed by atoms with Crippen LogP contribution in [0.4, 0.5) is 18.9 Å². The molecule has 0 radical (unpaired) electrons. The number of hydrogen-bond acceptors (Lipinski definition) is 6. The summed E-state index contributed by atoms with van der Waals surface area (Å²) in [6.07, 6.45) is -5.03. The molecular formula is C10H11F3N4O5. The summed E-state index contributed by atoms with van der Waals surface area (Å²) in [5, 5.41) is 15.9. The van der Waals surface area contributed by atoms with E-state index in [0.717, 1.165) is 14.0 Å². The van der Waals surface area contributed by atoms with Crippen LogP contribution in [0.1, 0.15) is 11.4 Å². The Morgan fingerprint density at radius 2 is 2.05 bits per heavy atom. The number of halogens is 3. The van der Waals surface area contributed by atoms with Gasteiger partial charge in [-0.05, 0) is 6.92 Å². The second kappa shape index (κ2) is 6.41. The quantitative estimate of drug-likeness (QED) is 0.476. The molecule has 0 atom stereocenters.